The second-order valence-electron chi connectivity index (χ2n) is 11.6. The van der Waals surface area contributed by atoms with Crippen LogP contribution in [0.1, 0.15) is 54.4 Å². The van der Waals surface area contributed by atoms with Crippen LogP contribution in [-0.4, -0.2) is 44.5 Å². The van der Waals surface area contributed by atoms with Gasteiger partial charge < -0.3 is 4.90 Å². The lowest BCUT2D eigenvalue weighted by atomic mass is 9.57. The summed E-state index contributed by atoms with van der Waals surface area (Å²) in [6.45, 7) is 0.886. The highest BCUT2D eigenvalue weighted by Gasteiger charge is 2.67. The summed E-state index contributed by atoms with van der Waals surface area (Å²) in [5.41, 5.74) is -2.07. The van der Waals surface area contributed by atoms with Gasteiger partial charge in [0.1, 0.15) is 11.4 Å². The van der Waals surface area contributed by atoms with E-state index in [2.05, 4.69) is 10.2 Å². The molecule has 3 fully saturated rings. The number of fused-ring (bicyclic) bond motifs is 3. The summed E-state index contributed by atoms with van der Waals surface area (Å²) >= 11 is 6.24. The monoisotopic (exact) mass is 585 g/mol. The number of anilines is 1. The number of nitrogens with zero attached hydrogens (tertiary/aromatic N) is 5. The van der Waals surface area contributed by atoms with Gasteiger partial charge in [-0.05, 0) is 61.6 Å². The third-order valence-corrected chi connectivity index (χ3v) is 9.22. The average Bonchev–Trinajstić information content (AvgIpc) is 3.57. The Morgan fingerprint density at radius 3 is 2.27 bits per heavy atom. The predicted octanol–water partition coefficient (Wildman–Crippen LogP) is 6.87. The van der Waals surface area contributed by atoms with Gasteiger partial charge in [0.15, 0.2) is 11.6 Å². The second-order valence-corrected chi connectivity index (χ2v) is 12.0. The van der Waals surface area contributed by atoms with Crippen LogP contribution < -0.4 is 4.90 Å². The van der Waals surface area contributed by atoms with Crippen molar-refractivity contribution >= 4 is 17.3 Å². The minimum Gasteiger partial charge on any atom is -0.368 e. The molecule has 0 amide bonds. The topological polar surface area (TPSA) is 37.2 Å². The summed E-state index contributed by atoms with van der Waals surface area (Å²) in [5.74, 6) is -0.238. The van der Waals surface area contributed by atoms with Gasteiger partial charge in [-0.15, -0.1) is 10.2 Å². The van der Waals surface area contributed by atoms with Crippen LogP contribution in [0.5, 0.6) is 0 Å². The first-order valence-corrected chi connectivity index (χ1v) is 13.3. The Morgan fingerprint density at radius 1 is 0.900 bits per heavy atom. The molecule has 0 bridgehead atoms. The molecule has 0 unspecified atom stereocenters. The molecular formula is C27H23ClF7N5. The standard InChI is InChI=1S/C27H23ClF7N5/c28-17-4-5-19-15(8-17)11-39(25(6-7-25)27(33,34)35)12-21-36-37-23(40(19)21)16-9-24(10-16)13-38(14-24)20-3-1-2-18(22(20)29)26(30,31)32/h1-5,8,16H,6-7,9-14H2. The van der Waals surface area contributed by atoms with Crippen LogP contribution in [0.3, 0.4) is 0 Å². The van der Waals surface area contributed by atoms with Crippen molar-refractivity contribution in [3.05, 3.63) is 70.0 Å². The third kappa shape index (κ3) is 3.85. The predicted molar refractivity (Wildman–Crippen MR) is 132 cm³/mol. The van der Waals surface area contributed by atoms with Crippen molar-refractivity contribution in [3.8, 4) is 5.69 Å². The molecule has 3 heterocycles. The fraction of sp³-hybridized carbons (Fsp3) is 0.481. The van der Waals surface area contributed by atoms with Gasteiger partial charge >= 0.3 is 12.4 Å². The zero-order valence-electron chi connectivity index (χ0n) is 21.0. The first-order chi connectivity index (χ1) is 18.8. The quantitative estimate of drug-likeness (QED) is 0.314. The molecule has 4 aliphatic rings. The van der Waals surface area contributed by atoms with Crippen LogP contribution in [0, 0.1) is 11.2 Å². The van der Waals surface area contributed by atoms with E-state index in [9.17, 15) is 30.7 Å². The van der Waals surface area contributed by atoms with Gasteiger partial charge in [-0.25, -0.2) is 4.39 Å². The van der Waals surface area contributed by atoms with Crippen molar-refractivity contribution in [1.29, 1.82) is 0 Å². The Balaban J connectivity index is 1.14. The molecule has 1 aromatic heterocycles. The summed E-state index contributed by atoms with van der Waals surface area (Å²) < 4.78 is 98.1. The molecular weight excluding hydrogens is 563 g/mol. The summed E-state index contributed by atoms with van der Waals surface area (Å²) in [7, 11) is 0. The lowest BCUT2D eigenvalue weighted by molar-refractivity contribution is -0.200. The Hall–Kier alpha value is -2.86. The lowest BCUT2D eigenvalue weighted by Gasteiger charge is -2.59. The van der Waals surface area contributed by atoms with E-state index in [0.717, 1.165) is 6.07 Å². The SMILES string of the molecule is Fc1c(N2CC3(CC(c4nnc5n4-c4ccc(Cl)cc4CN(C4(C(F)(F)F)CC4)C5)C3)C2)cccc1C(F)(F)F. The third-order valence-electron chi connectivity index (χ3n) is 8.99. The zero-order valence-corrected chi connectivity index (χ0v) is 21.7. The highest BCUT2D eigenvalue weighted by molar-refractivity contribution is 6.30. The molecule has 7 rings (SSSR count). The number of alkyl halides is 6. The Kier molecular flexibility index (Phi) is 5.44. The molecule has 212 valence electrons. The van der Waals surface area contributed by atoms with Crippen molar-refractivity contribution in [1.82, 2.24) is 19.7 Å². The van der Waals surface area contributed by atoms with Crippen molar-refractivity contribution in [2.24, 2.45) is 5.41 Å². The summed E-state index contributed by atoms with van der Waals surface area (Å²) in [6, 6.07) is 8.45. The van der Waals surface area contributed by atoms with Crippen LogP contribution in [0.25, 0.3) is 5.69 Å². The summed E-state index contributed by atoms with van der Waals surface area (Å²) in [4.78, 5) is 3.04. The fourth-order valence-corrected chi connectivity index (χ4v) is 7.03. The minimum absolute atomic E-state index is 0.0146. The van der Waals surface area contributed by atoms with E-state index in [1.807, 2.05) is 4.57 Å². The fourth-order valence-electron chi connectivity index (χ4n) is 6.83. The smallest absolute Gasteiger partial charge is 0.368 e. The number of rotatable bonds is 3. The molecule has 2 aliphatic carbocycles. The molecule has 5 nitrogen and oxygen atoms in total. The number of hydrogen-bond donors (Lipinski definition) is 0. The van der Waals surface area contributed by atoms with Crippen LogP contribution >= 0.6 is 11.6 Å². The lowest BCUT2D eigenvalue weighted by Crippen LogP contribution is -2.62. The Labute approximate surface area is 229 Å². The van der Waals surface area contributed by atoms with Crippen LogP contribution in [0.4, 0.5) is 36.4 Å². The number of aromatic nitrogens is 3. The molecule has 0 atom stereocenters. The van der Waals surface area contributed by atoms with Crippen molar-refractivity contribution in [2.75, 3.05) is 18.0 Å². The van der Waals surface area contributed by atoms with Crippen LogP contribution in [-0.2, 0) is 19.3 Å². The molecule has 1 spiro atoms. The van der Waals surface area contributed by atoms with E-state index in [1.54, 1.807) is 23.1 Å². The first-order valence-electron chi connectivity index (χ1n) is 13.0. The van der Waals surface area contributed by atoms with Gasteiger partial charge in [-0.1, -0.05) is 17.7 Å². The minimum atomic E-state index is -4.77. The Bertz CT molecular complexity index is 1500. The number of halogens is 8. The molecule has 2 aliphatic heterocycles. The molecule has 2 saturated carbocycles. The molecule has 13 heteroatoms. The van der Waals surface area contributed by atoms with E-state index in [-0.39, 0.29) is 43.0 Å². The van der Waals surface area contributed by atoms with Gasteiger partial charge in [0.2, 0.25) is 0 Å². The zero-order chi connectivity index (χ0) is 28.2. The Morgan fingerprint density at radius 2 is 1.62 bits per heavy atom. The van der Waals surface area contributed by atoms with Gasteiger partial charge in [0.05, 0.1) is 23.5 Å². The van der Waals surface area contributed by atoms with Crippen molar-refractivity contribution in [3.63, 3.8) is 0 Å². The van der Waals surface area contributed by atoms with Gasteiger partial charge in [-0.3, -0.25) is 9.47 Å². The largest absolute Gasteiger partial charge is 0.419 e. The van der Waals surface area contributed by atoms with Crippen molar-refractivity contribution < 1.29 is 30.7 Å². The molecule has 40 heavy (non-hydrogen) atoms. The van der Waals surface area contributed by atoms with Crippen LogP contribution in [0.2, 0.25) is 5.02 Å². The van der Waals surface area contributed by atoms with Gasteiger partial charge in [-0.2, -0.15) is 26.3 Å². The first kappa shape index (κ1) is 26.1. The normalized spacial score (nSPS) is 21.9. The van der Waals surface area contributed by atoms with E-state index in [0.29, 0.717) is 53.9 Å². The maximum absolute atomic E-state index is 14.6. The highest BCUT2D eigenvalue weighted by Crippen LogP contribution is 2.58. The van der Waals surface area contributed by atoms with E-state index < -0.39 is 29.3 Å². The van der Waals surface area contributed by atoms with E-state index in [1.165, 1.54) is 17.0 Å². The molecule has 1 saturated heterocycles. The maximum Gasteiger partial charge on any atom is 0.419 e. The van der Waals surface area contributed by atoms with Gasteiger partial charge in [0, 0.05) is 36.0 Å². The van der Waals surface area contributed by atoms with E-state index in [4.69, 9.17) is 11.6 Å². The highest BCUT2D eigenvalue weighted by atomic mass is 35.5. The number of hydrogen-bond acceptors (Lipinski definition) is 4. The second kappa shape index (κ2) is 8.34. The molecule has 3 aromatic rings. The van der Waals surface area contributed by atoms with Crippen molar-refractivity contribution in [2.45, 2.75) is 62.6 Å². The molecule has 0 radical (unpaired) electrons. The van der Waals surface area contributed by atoms with E-state index >= 15 is 0 Å². The molecule has 2 aromatic carbocycles. The maximum atomic E-state index is 14.6. The number of benzene rings is 2. The summed E-state index contributed by atoms with van der Waals surface area (Å²) in [6.07, 6.45) is -7.75. The van der Waals surface area contributed by atoms with Gasteiger partial charge in [0.25, 0.3) is 0 Å². The average molecular weight is 586 g/mol. The summed E-state index contributed by atoms with van der Waals surface area (Å²) in [5, 5.41) is 9.15. The molecule has 0 N–H and O–H groups in total. The van der Waals surface area contributed by atoms with Crippen LogP contribution in [0.15, 0.2) is 36.4 Å².